The number of ether oxygens (including phenoxy) is 2. The standard InChI is InChI=1S/C26H26N4O2/c1-19-17-23(29-25(27-19)21-11-5-3-6-12-21)31-15-9-10-16-32-24-18-20(2)28-26(30-24)22-13-7-4-8-14-22/h3-8,11-14,17-18H,9-10,15-16H2,1-2H3. The van der Waals surface area contributed by atoms with Gasteiger partial charge in [-0.25, -0.2) is 9.97 Å². The molecule has 0 fully saturated rings. The second-order valence-electron chi connectivity index (χ2n) is 7.48. The molecule has 0 spiro atoms. The Labute approximate surface area is 188 Å². The van der Waals surface area contributed by atoms with E-state index in [-0.39, 0.29) is 0 Å². The predicted octanol–water partition coefficient (Wildman–Crippen LogP) is 5.46. The number of nitrogens with zero attached hydrogens (tertiary/aromatic N) is 4. The average Bonchev–Trinajstić information content (AvgIpc) is 2.82. The topological polar surface area (TPSA) is 70.0 Å². The van der Waals surface area contributed by atoms with Crippen LogP contribution in [-0.2, 0) is 0 Å². The van der Waals surface area contributed by atoms with Crippen LogP contribution in [0, 0.1) is 13.8 Å². The van der Waals surface area contributed by atoms with Crippen LogP contribution in [0.15, 0.2) is 72.8 Å². The third-order valence-electron chi connectivity index (χ3n) is 4.76. The molecule has 0 unspecified atom stereocenters. The molecule has 4 aromatic rings. The van der Waals surface area contributed by atoms with Gasteiger partial charge in [-0.15, -0.1) is 0 Å². The molecule has 162 valence electrons. The molecule has 0 N–H and O–H groups in total. The second-order valence-corrected chi connectivity index (χ2v) is 7.48. The molecule has 2 aromatic heterocycles. The maximum absolute atomic E-state index is 5.87. The highest BCUT2D eigenvalue weighted by Crippen LogP contribution is 2.20. The van der Waals surface area contributed by atoms with Crippen molar-refractivity contribution in [3.63, 3.8) is 0 Å². The van der Waals surface area contributed by atoms with E-state index < -0.39 is 0 Å². The van der Waals surface area contributed by atoms with Crippen LogP contribution in [0.1, 0.15) is 24.2 Å². The van der Waals surface area contributed by atoms with Crippen LogP contribution in [0.5, 0.6) is 11.8 Å². The number of benzene rings is 2. The van der Waals surface area contributed by atoms with Crippen molar-refractivity contribution in [1.82, 2.24) is 19.9 Å². The zero-order chi connectivity index (χ0) is 22.2. The molecule has 6 heteroatoms. The summed E-state index contributed by atoms with van der Waals surface area (Å²) in [5.41, 5.74) is 3.71. The molecule has 0 bridgehead atoms. The highest BCUT2D eigenvalue weighted by molar-refractivity contribution is 5.56. The summed E-state index contributed by atoms with van der Waals surface area (Å²) >= 11 is 0. The Morgan fingerprint density at radius 2 is 0.969 bits per heavy atom. The van der Waals surface area contributed by atoms with Crippen molar-refractivity contribution >= 4 is 0 Å². The summed E-state index contributed by atoms with van der Waals surface area (Å²) < 4.78 is 11.7. The summed E-state index contributed by atoms with van der Waals surface area (Å²) in [6.07, 6.45) is 1.69. The summed E-state index contributed by atoms with van der Waals surface area (Å²) in [4.78, 5) is 18.1. The van der Waals surface area contributed by atoms with Crippen LogP contribution in [0.25, 0.3) is 22.8 Å². The fraction of sp³-hybridized carbons (Fsp3) is 0.231. The Kier molecular flexibility index (Phi) is 7.02. The predicted molar refractivity (Wildman–Crippen MR) is 125 cm³/mol. The van der Waals surface area contributed by atoms with Crippen molar-refractivity contribution in [2.45, 2.75) is 26.7 Å². The highest BCUT2D eigenvalue weighted by Gasteiger charge is 2.07. The van der Waals surface area contributed by atoms with Gasteiger partial charge in [0, 0.05) is 34.6 Å². The summed E-state index contributed by atoms with van der Waals surface area (Å²) in [6, 6.07) is 23.5. The maximum atomic E-state index is 5.87. The smallest absolute Gasteiger partial charge is 0.217 e. The summed E-state index contributed by atoms with van der Waals surface area (Å²) in [6.45, 7) is 5.02. The Hall–Kier alpha value is -3.80. The SMILES string of the molecule is Cc1cc(OCCCCOc2cc(C)nc(-c3ccccc3)n2)nc(-c2ccccc2)n1. The van der Waals surface area contributed by atoms with E-state index in [1.54, 1.807) is 0 Å². The zero-order valence-electron chi connectivity index (χ0n) is 18.4. The van der Waals surface area contributed by atoms with Gasteiger partial charge in [-0.1, -0.05) is 60.7 Å². The fourth-order valence-corrected chi connectivity index (χ4v) is 3.22. The third kappa shape index (κ3) is 5.88. The number of rotatable bonds is 9. The molecular formula is C26H26N4O2. The van der Waals surface area contributed by atoms with Gasteiger partial charge in [-0.2, -0.15) is 9.97 Å². The minimum Gasteiger partial charge on any atom is -0.478 e. The molecule has 0 aliphatic rings. The molecule has 2 heterocycles. The van der Waals surface area contributed by atoms with Crippen molar-refractivity contribution in [2.75, 3.05) is 13.2 Å². The lowest BCUT2D eigenvalue weighted by atomic mass is 10.2. The lowest BCUT2D eigenvalue weighted by molar-refractivity contribution is 0.256. The third-order valence-corrected chi connectivity index (χ3v) is 4.76. The minimum absolute atomic E-state index is 0.562. The van der Waals surface area contributed by atoms with Crippen molar-refractivity contribution in [2.24, 2.45) is 0 Å². The van der Waals surface area contributed by atoms with Gasteiger partial charge in [0.25, 0.3) is 0 Å². The van der Waals surface area contributed by atoms with Gasteiger partial charge < -0.3 is 9.47 Å². The van der Waals surface area contributed by atoms with Gasteiger partial charge >= 0.3 is 0 Å². The van der Waals surface area contributed by atoms with Gasteiger partial charge in [0.1, 0.15) is 0 Å². The van der Waals surface area contributed by atoms with Crippen molar-refractivity contribution in [3.8, 4) is 34.5 Å². The number of aryl methyl sites for hydroxylation is 2. The Morgan fingerprint density at radius 1 is 0.562 bits per heavy atom. The average molecular weight is 427 g/mol. The highest BCUT2D eigenvalue weighted by atomic mass is 16.5. The van der Waals surface area contributed by atoms with Crippen LogP contribution in [0.4, 0.5) is 0 Å². The number of hydrogen-bond acceptors (Lipinski definition) is 6. The maximum Gasteiger partial charge on any atom is 0.217 e. The molecule has 4 rings (SSSR count). The van der Waals surface area contributed by atoms with Crippen molar-refractivity contribution in [3.05, 3.63) is 84.2 Å². The normalized spacial score (nSPS) is 10.7. The van der Waals surface area contributed by atoms with Crippen LogP contribution in [-0.4, -0.2) is 33.1 Å². The minimum atomic E-state index is 0.562. The van der Waals surface area contributed by atoms with Crippen LogP contribution < -0.4 is 9.47 Å². The molecule has 0 amide bonds. The van der Waals surface area contributed by atoms with Gasteiger partial charge in [-0.05, 0) is 26.7 Å². The van der Waals surface area contributed by atoms with Crippen LogP contribution in [0.3, 0.4) is 0 Å². The van der Waals surface area contributed by atoms with Crippen molar-refractivity contribution < 1.29 is 9.47 Å². The fourth-order valence-electron chi connectivity index (χ4n) is 3.22. The zero-order valence-corrected chi connectivity index (χ0v) is 18.4. The number of aromatic nitrogens is 4. The lowest BCUT2D eigenvalue weighted by Crippen LogP contribution is -2.06. The van der Waals surface area contributed by atoms with E-state index in [1.807, 2.05) is 86.6 Å². The van der Waals surface area contributed by atoms with E-state index in [1.165, 1.54) is 0 Å². The first kappa shape index (κ1) is 21.4. The van der Waals surface area contributed by atoms with E-state index in [0.29, 0.717) is 36.6 Å². The molecule has 0 aliphatic carbocycles. The quantitative estimate of drug-likeness (QED) is 0.331. The first-order chi connectivity index (χ1) is 15.7. The summed E-state index contributed by atoms with van der Waals surface area (Å²) in [7, 11) is 0. The van der Waals surface area contributed by atoms with Gasteiger partial charge in [0.05, 0.1) is 13.2 Å². The van der Waals surface area contributed by atoms with Crippen LogP contribution in [0.2, 0.25) is 0 Å². The molecule has 6 nitrogen and oxygen atoms in total. The van der Waals surface area contributed by atoms with E-state index >= 15 is 0 Å². The second kappa shape index (κ2) is 10.5. The van der Waals surface area contributed by atoms with Gasteiger partial charge in [-0.3, -0.25) is 0 Å². The van der Waals surface area contributed by atoms with Crippen molar-refractivity contribution in [1.29, 1.82) is 0 Å². The summed E-state index contributed by atoms with van der Waals surface area (Å²) in [5, 5.41) is 0. The Bertz CT molecular complexity index is 1060. The molecule has 0 saturated heterocycles. The summed E-state index contributed by atoms with van der Waals surface area (Å²) in [5.74, 6) is 2.54. The molecular weight excluding hydrogens is 400 g/mol. The molecule has 0 aliphatic heterocycles. The molecule has 0 saturated carbocycles. The lowest BCUT2D eigenvalue weighted by Gasteiger charge is -2.10. The molecule has 0 atom stereocenters. The number of hydrogen-bond donors (Lipinski definition) is 0. The monoisotopic (exact) mass is 426 g/mol. The van der Waals surface area contributed by atoms with Gasteiger partial charge in [0.2, 0.25) is 11.8 Å². The number of unbranched alkanes of at least 4 members (excludes halogenated alkanes) is 1. The van der Waals surface area contributed by atoms with E-state index in [4.69, 9.17) is 9.47 Å². The van der Waals surface area contributed by atoms with Crippen LogP contribution >= 0.6 is 0 Å². The van der Waals surface area contributed by atoms with E-state index in [9.17, 15) is 0 Å². The molecule has 32 heavy (non-hydrogen) atoms. The van der Waals surface area contributed by atoms with E-state index in [0.717, 1.165) is 35.4 Å². The Morgan fingerprint density at radius 3 is 1.38 bits per heavy atom. The Balaban J connectivity index is 1.26. The van der Waals surface area contributed by atoms with Gasteiger partial charge in [0.15, 0.2) is 11.6 Å². The first-order valence-corrected chi connectivity index (χ1v) is 10.8. The molecule has 2 aromatic carbocycles. The first-order valence-electron chi connectivity index (χ1n) is 10.8. The van der Waals surface area contributed by atoms with E-state index in [2.05, 4.69) is 19.9 Å². The largest absolute Gasteiger partial charge is 0.478 e. The molecule has 0 radical (unpaired) electrons.